The molecule has 1 rings (SSSR count). The zero-order chi connectivity index (χ0) is 30.4. The summed E-state index contributed by atoms with van der Waals surface area (Å²) in [5, 5.41) is 0. The molecule has 1 aromatic heterocycles. The molecule has 0 spiro atoms. The number of alkyl halides is 9. The zero-order valence-corrected chi connectivity index (χ0v) is 22.7. The van der Waals surface area contributed by atoms with Crippen LogP contribution in [0.1, 0.15) is 56.6 Å². The lowest BCUT2D eigenvalue weighted by molar-refractivity contribution is -0.697. The van der Waals surface area contributed by atoms with E-state index in [0.29, 0.717) is 0 Å². The molecule has 0 fully saturated rings. The van der Waals surface area contributed by atoms with Gasteiger partial charge >= 0.3 is 16.5 Å². The second-order valence-corrected chi connectivity index (χ2v) is 14.3. The number of nitrogens with zero attached hydrogens (tertiary/aromatic N) is 1. The van der Waals surface area contributed by atoms with E-state index in [2.05, 4.69) is 43.8 Å². The van der Waals surface area contributed by atoms with Crippen LogP contribution >= 0.6 is 0 Å². The molecule has 1 heterocycles. The minimum absolute atomic E-state index is 1.17. The van der Waals surface area contributed by atoms with Gasteiger partial charge in [0.2, 0.25) is 0 Å². The molecule has 0 N–H and O–H groups in total. The van der Waals surface area contributed by atoms with Crippen LogP contribution in [-0.2, 0) is 36.1 Å². The van der Waals surface area contributed by atoms with Gasteiger partial charge in [-0.05, 0) is 25.8 Å². The summed E-state index contributed by atoms with van der Waals surface area (Å²) in [5.74, 6) is 0. The number of hydrogen-bond donors (Lipinski definition) is 0. The first-order chi connectivity index (χ1) is 16.9. The van der Waals surface area contributed by atoms with E-state index in [1.807, 2.05) is 0 Å². The van der Waals surface area contributed by atoms with E-state index in [1.165, 1.54) is 56.2 Å². The van der Waals surface area contributed by atoms with Gasteiger partial charge in [-0.3, -0.25) is 25.3 Å². The van der Waals surface area contributed by atoms with Gasteiger partial charge in [-0.2, -0.15) is 39.5 Å². The van der Waals surface area contributed by atoms with E-state index < -0.39 is 50.0 Å². The average molecular weight is 632 g/mol. The molecule has 0 aromatic carbocycles. The second kappa shape index (κ2) is 13.1. The smallest absolute Gasteiger partial charge is 0.251 e. The summed E-state index contributed by atoms with van der Waals surface area (Å²) in [5.41, 5.74) is -18.4. The fraction of sp³-hybridized carbons (Fsp3) is 0.684. The minimum Gasteiger partial charge on any atom is -0.251 e. The summed E-state index contributed by atoms with van der Waals surface area (Å²) in [7, 11) is -24.1. The predicted molar refractivity (Wildman–Crippen MR) is 118 cm³/mol. The molecule has 0 aliphatic heterocycles. The summed E-state index contributed by atoms with van der Waals surface area (Å²) in [6, 6.07) is 2.21. The van der Waals surface area contributed by atoms with Gasteiger partial charge in [-0.25, -0.2) is 4.57 Å². The maximum Gasteiger partial charge on any atom is 0.470 e. The van der Waals surface area contributed by atoms with Crippen molar-refractivity contribution in [1.29, 1.82) is 0 Å². The Morgan fingerprint density at radius 3 is 1.37 bits per heavy atom. The molecule has 0 bridgehead atoms. The maximum atomic E-state index is 12.0. The van der Waals surface area contributed by atoms with Crippen molar-refractivity contribution in [2.45, 2.75) is 82.4 Å². The van der Waals surface area contributed by atoms with Crippen LogP contribution in [0.5, 0.6) is 0 Å². The van der Waals surface area contributed by atoms with Gasteiger partial charge in [0.15, 0.2) is 41.9 Å². The van der Waals surface area contributed by atoms with Crippen molar-refractivity contribution in [2.24, 2.45) is 0 Å². The van der Waals surface area contributed by atoms with Crippen molar-refractivity contribution < 1.29 is 69.3 Å². The molecule has 0 saturated carbocycles. The van der Waals surface area contributed by atoms with Crippen LogP contribution in [0, 0.1) is 17.8 Å². The standard InChI is InChI=1S/C15H26N.C4F9O6S3/c1-4-5-6-7-8-9-11-16-12-10-14(2)15(3)13-16;5-2(6,7)20(14,15)1(21(16,17)3(8,9)10)22(18,19)4(11,12)13/h10,12-13H,4-9,11H2,1-3H3;/q+1;-1. The molecule has 0 aliphatic carbocycles. The average Bonchev–Trinajstić information content (AvgIpc) is 2.70. The number of aromatic nitrogens is 1. The topological polar surface area (TPSA) is 106 Å². The van der Waals surface area contributed by atoms with Crippen LogP contribution < -0.4 is 4.57 Å². The Morgan fingerprint density at radius 1 is 0.658 bits per heavy atom. The van der Waals surface area contributed by atoms with E-state index in [4.69, 9.17) is 0 Å². The maximum absolute atomic E-state index is 12.0. The zero-order valence-electron chi connectivity index (χ0n) is 20.2. The summed E-state index contributed by atoms with van der Waals surface area (Å²) < 4.78 is 170. The van der Waals surface area contributed by atoms with Crippen molar-refractivity contribution in [3.63, 3.8) is 0 Å². The lowest BCUT2D eigenvalue weighted by atomic mass is 10.1. The number of hydrogen-bond acceptors (Lipinski definition) is 6. The van der Waals surface area contributed by atoms with Gasteiger partial charge < -0.3 is 0 Å². The molecule has 0 unspecified atom stereocenters. The first-order valence-corrected chi connectivity index (χ1v) is 15.1. The first-order valence-electron chi connectivity index (χ1n) is 10.6. The van der Waals surface area contributed by atoms with Crippen molar-refractivity contribution >= 4 is 29.5 Å². The van der Waals surface area contributed by atoms with Gasteiger partial charge in [-0.15, -0.1) is 0 Å². The summed E-state index contributed by atoms with van der Waals surface area (Å²) >= 11 is 0. The van der Waals surface area contributed by atoms with Crippen LogP contribution in [-0.4, -0.2) is 41.8 Å². The number of pyridine rings is 1. The van der Waals surface area contributed by atoms with Gasteiger partial charge in [0.05, 0.1) is 3.91 Å². The number of halogens is 9. The molecule has 0 amide bonds. The molecule has 1 aromatic rings. The third kappa shape index (κ3) is 9.24. The van der Waals surface area contributed by atoms with Crippen LogP contribution in [0.4, 0.5) is 39.5 Å². The number of rotatable bonds is 10. The minimum atomic E-state index is -8.02. The van der Waals surface area contributed by atoms with Crippen LogP contribution in [0.3, 0.4) is 0 Å². The Kier molecular flexibility index (Phi) is 12.6. The summed E-state index contributed by atoms with van der Waals surface area (Å²) in [6.45, 7) is 7.80. The molecule has 224 valence electrons. The SMILES string of the molecule is CCCCCCCC[n+]1ccc(C)c(C)c1.O=S(=O)([C-](S(=O)(=O)C(F)(F)F)S(=O)(=O)C(F)(F)F)C(F)(F)F. The van der Waals surface area contributed by atoms with E-state index in [1.54, 1.807) is 0 Å². The van der Waals surface area contributed by atoms with E-state index in [0.717, 1.165) is 0 Å². The number of sulfone groups is 3. The third-order valence-corrected chi connectivity index (χ3v) is 11.9. The fourth-order valence-corrected chi connectivity index (χ4v) is 8.40. The Labute approximate surface area is 214 Å². The van der Waals surface area contributed by atoms with Crippen molar-refractivity contribution in [2.75, 3.05) is 0 Å². The molecular weight excluding hydrogens is 605 g/mol. The van der Waals surface area contributed by atoms with Crippen molar-refractivity contribution in [3.05, 3.63) is 33.5 Å². The number of unbranched alkanes of at least 4 members (excludes halogenated alkanes) is 5. The molecule has 0 aliphatic rings. The fourth-order valence-electron chi connectivity index (χ4n) is 2.66. The first kappa shape index (κ1) is 36.4. The third-order valence-electron chi connectivity index (χ3n) is 4.84. The van der Waals surface area contributed by atoms with Gasteiger partial charge in [0, 0.05) is 18.1 Å². The Morgan fingerprint density at radius 2 is 1.03 bits per heavy atom. The predicted octanol–water partition coefficient (Wildman–Crippen LogP) is 5.19. The van der Waals surface area contributed by atoms with Crippen LogP contribution in [0.2, 0.25) is 0 Å². The summed E-state index contributed by atoms with van der Waals surface area (Å²) in [4.78, 5) is 0. The Bertz CT molecular complexity index is 1130. The Balaban J connectivity index is 0.000000755. The Hall–Kier alpha value is -1.63. The molecular formula is C19H26F9NO6S3. The quantitative estimate of drug-likeness (QED) is 0.152. The molecule has 7 nitrogen and oxygen atoms in total. The molecule has 0 radical (unpaired) electrons. The largest absolute Gasteiger partial charge is 0.470 e. The highest BCUT2D eigenvalue weighted by Gasteiger charge is 2.63. The lowest BCUT2D eigenvalue weighted by Crippen LogP contribution is -2.47. The van der Waals surface area contributed by atoms with Crippen LogP contribution in [0.15, 0.2) is 18.5 Å². The van der Waals surface area contributed by atoms with Crippen molar-refractivity contribution in [1.82, 2.24) is 0 Å². The second-order valence-electron chi connectivity index (χ2n) is 7.91. The highest BCUT2D eigenvalue weighted by Crippen LogP contribution is 2.47. The molecule has 0 saturated heterocycles. The van der Waals surface area contributed by atoms with E-state index >= 15 is 0 Å². The van der Waals surface area contributed by atoms with Gasteiger partial charge in [-0.1, -0.05) is 32.6 Å². The van der Waals surface area contributed by atoms with Crippen molar-refractivity contribution in [3.8, 4) is 0 Å². The summed E-state index contributed by atoms with van der Waals surface area (Å²) in [6.07, 6.45) is 12.7. The highest BCUT2D eigenvalue weighted by atomic mass is 32.3. The molecule has 0 atom stereocenters. The number of aryl methyl sites for hydroxylation is 3. The van der Waals surface area contributed by atoms with E-state index in [-0.39, 0.29) is 0 Å². The normalized spacial score (nSPS) is 13.8. The van der Waals surface area contributed by atoms with Crippen LogP contribution in [0.25, 0.3) is 0 Å². The van der Waals surface area contributed by atoms with E-state index in [9.17, 15) is 64.8 Å². The van der Waals surface area contributed by atoms with Gasteiger partial charge in [0.25, 0.3) is 0 Å². The monoisotopic (exact) mass is 631 g/mol. The molecule has 38 heavy (non-hydrogen) atoms. The highest BCUT2D eigenvalue weighted by molar-refractivity contribution is 8.29. The molecule has 19 heteroatoms. The lowest BCUT2D eigenvalue weighted by Gasteiger charge is -2.31. The van der Waals surface area contributed by atoms with Gasteiger partial charge in [0.1, 0.15) is 6.54 Å².